The number of carbonyl (C=O) groups excluding carboxylic acids is 2. The molecule has 124 valence electrons. The largest absolute Gasteiger partial charge is 0.444 e. The second-order valence-corrected chi connectivity index (χ2v) is 7.03. The van der Waals surface area contributed by atoms with Crippen molar-refractivity contribution in [2.75, 3.05) is 25.5 Å². The van der Waals surface area contributed by atoms with Gasteiger partial charge in [0, 0.05) is 31.7 Å². The molecule has 0 spiro atoms. The number of amides is 3. The van der Waals surface area contributed by atoms with Crippen LogP contribution in [0.1, 0.15) is 27.7 Å². The van der Waals surface area contributed by atoms with E-state index in [2.05, 4.69) is 15.6 Å². The van der Waals surface area contributed by atoms with E-state index in [1.807, 2.05) is 27.7 Å². The Morgan fingerprint density at radius 2 is 2.14 bits per heavy atom. The summed E-state index contributed by atoms with van der Waals surface area (Å²) in [7, 11) is 1.68. The van der Waals surface area contributed by atoms with Crippen molar-refractivity contribution in [3.63, 3.8) is 0 Å². The van der Waals surface area contributed by atoms with Crippen molar-refractivity contribution in [2.24, 2.45) is 5.92 Å². The molecule has 0 radical (unpaired) electrons. The van der Waals surface area contributed by atoms with Gasteiger partial charge in [-0.1, -0.05) is 6.92 Å². The number of thiazole rings is 1. The third-order valence-electron chi connectivity index (χ3n) is 2.55. The smallest absolute Gasteiger partial charge is 0.410 e. The molecule has 1 heterocycles. The Labute approximate surface area is 135 Å². The summed E-state index contributed by atoms with van der Waals surface area (Å²) in [6.07, 6.45) is 1.25. The average molecular weight is 328 g/mol. The predicted molar refractivity (Wildman–Crippen MR) is 87.2 cm³/mol. The molecule has 0 aromatic carbocycles. The molecule has 1 atom stereocenters. The number of nitrogens with one attached hydrogen (secondary N) is 2. The minimum Gasteiger partial charge on any atom is -0.444 e. The van der Waals surface area contributed by atoms with Gasteiger partial charge in [0.25, 0.3) is 0 Å². The summed E-state index contributed by atoms with van der Waals surface area (Å²) in [6, 6.07) is -0.304. The molecule has 0 aliphatic carbocycles. The Balaban J connectivity index is 2.28. The molecule has 8 heteroatoms. The van der Waals surface area contributed by atoms with Crippen LogP contribution in [-0.2, 0) is 4.74 Å². The molecule has 0 saturated carbocycles. The first-order chi connectivity index (χ1) is 10.2. The van der Waals surface area contributed by atoms with Crippen LogP contribution in [-0.4, -0.2) is 47.7 Å². The number of aromatic nitrogens is 1. The summed E-state index contributed by atoms with van der Waals surface area (Å²) in [6.45, 7) is 8.37. The molecule has 0 saturated heterocycles. The van der Waals surface area contributed by atoms with Gasteiger partial charge in [0.2, 0.25) is 0 Å². The Morgan fingerprint density at radius 1 is 1.45 bits per heavy atom. The topological polar surface area (TPSA) is 83.6 Å². The van der Waals surface area contributed by atoms with Gasteiger partial charge >= 0.3 is 12.1 Å². The van der Waals surface area contributed by atoms with Crippen molar-refractivity contribution in [1.29, 1.82) is 0 Å². The molecular formula is C14H24N4O3S. The summed E-state index contributed by atoms with van der Waals surface area (Å²) in [5.41, 5.74) is -0.513. The number of urea groups is 1. The highest BCUT2D eigenvalue weighted by Crippen LogP contribution is 2.11. The van der Waals surface area contributed by atoms with Crippen LogP contribution in [0, 0.1) is 5.92 Å². The molecule has 7 nitrogen and oxygen atoms in total. The fraction of sp³-hybridized carbons (Fsp3) is 0.643. The highest BCUT2D eigenvalue weighted by atomic mass is 32.1. The summed E-state index contributed by atoms with van der Waals surface area (Å²) in [4.78, 5) is 29.0. The minimum atomic E-state index is -0.513. The number of carbonyl (C=O) groups is 2. The van der Waals surface area contributed by atoms with Crippen LogP contribution in [0.15, 0.2) is 11.6 Å². The maximum Gasteiger partial charge on any atom is 0.410 e. The summed E-state index contributed by atoms with van der Waals surface area (Å²) in [5, 5.41) is 7.73. The van der Waals surface area contributed by atoms with Crippen LogP contribution >= 0.6 is 11.3 Å². The highest BCUT2D eigenvalue weighted by molar-refractivity contribution is 7.13. The molecule has 0 aliphatic rings. The van der Waals surface area contributed by atoms with Gasteiger partial charge < -0.3 is 15.0 Å². The van der Waals surface area contributed by atoms with Gasteiger partial charge in [-0.15, -0.1) is 11.3 Å². The molecule has 1 rings (SSSR count). The van der Waals surface area contributed by atoms with Crippen molar-refractivity contribution in [2.45, 2.75) is 33.3 Å². The lowest BCUT2D eigenvalue weighted by Gasteiger charge is -2.26. The van der Waals surface area contributed by atoms with E-state index in [4.69, 9.17) is 4.74 Å². The Kier molecular flexibility index (Phi) is 6.61. The van der Waals surface area contributed by atoms with Crippen molar-refractivity contribution in [3.05, 3.63) is 11.6 Å². The van der Waals surface area contributed by atoms with Gasteiger partial charge in [0.15, 0.2) is 5.13 Å². The van der Waals surface area contributed by atoms with Gasteiger partial charge in [-0.05, 0) is 26.7 Å². The Hall–Kier alpha value is -1.83. The average Bonchev–Trinajstić information content (AvgIpc) is 2.87. The number of ether oxygens (including phenoxy) is 1. The van der Waals surface area contributed by atoms with Gasteiger partial charge in [-0.3, -0.25) is 5.32 Å². The fourth-order valence-electron chi connectivity index (χ4n) is 1.64. The second kappa shape index (κ2) is 7.98. The lowest BCUT2D eigenvalue weighted by Crippen LogP contribution is -2.40. The van der Waals surface area contributed by atoms with Gasteiger partial charge in [-0.25, -0.2) is 14.6 Å². The Morgan fingerprint density at radius 3 is 2.68 bits per heavy atom. The van der Waals surface area contributed by atoms with Crippen LogP contribution < -0.4 is 10.6 Å². The molecule has 22 heavy (non-hydrogen) atoms. The lowest BCUT2D eigenvalue weighted by molar-refractivity contribution is 0.0278. The second-order valence-electron chi connectivity index (χ2n) is 6.14. The molecular weight excluding hydrogens is 304 g/mol. The first-order valence-corrected chi connectivity index (χ1v) is 7.94. The van der Waals surface area contributed by atoms with Crippen molar-refractivity contribution < 1.29 is 14.3 Å². The minimum absolute atomic E-state index is 0.0968. The van der Waals surface area contributed by atoms with Crippen LogP contribution in [0.5, 0.6) is 0 Å². The third-order valence-corrected chi connectivity index (χ3v) is 3.24. The maximum atomic E-state index is 11.8. The number of nitrogens with zero attached hydrogens (tertiary/aromatic N) is 2. The van der Waals surface area contributed by atoms with E-state index >= 15 is 0 Å². The standard InChI is InChI=1S/C14H24N4O3S/c1-10(9-18(5)13(20)21-14(2,3)4)8-16-11(19)17-12-15-6-7-22-12/h6-7,10H,8-9H2,1-5H3,(H2,15,16,17,19). The zero-order chi connectivity index (χ0) is 16.8. The lowest BCUT2D eigenvalue weighted by atomic mass is 10.1. The van der Waals surface area contributed by atoms with Crippen molar-refractivity contribution in [3.8, 4) is 0 Å². The first-order valence-electron chi connectivity index (χ1n) is 7.06. The summed E-state index contributed by atoms with van der Waals surface area (Å²) in [5.74, 6) is 0.0968. The molecule has 0 aliphatic heterocycles. The van der Waals surface area contributed by atoms with E-state index in [1.54, 1.807) is 18.6 Å². The number of hydrogen-bond acceptors (Lipinski definition) is 5. The number of hydrogen-bond donors (Lipinski definition) is 2. The van der Waals surface area contributed by atoms with E-state index in [0.717, 1.165) is 0 Å². The normalized spacial score (nSPS) is 12.4. The van der Waals surface area contributed by atoms with E-state index in [9.17, 15) is 9.59 Å². The Bertz CT molecular complexity index is 485. The zero-order valence-electron chi connectivity index (χ0n) is 13.7. The van der Waals surface area contributed by atoms with Crippen LogP contribution in [0.3, 0.4) is 0 Å². The van der Waals surface area contributed by atoms with E-state index in [-0.39, 0.29) is 18.0 Å². The van der Waals surface area contributed by atoms with Gasteiger partial charge in [0.1, 0.15) is 5.60 Å². The van der Waals surface area contributed by atoms with E-state index in [1.165, 1.54) is 16.2 Å². The summed E-state index contributed by atoms with van der Waals surface area (Å²) >= 11 is 1.35. The van der Waals surface area contributed by atoms with Crippen molar-refractivity contribution >= 4 is 28.6 Å². The van der Waals surface area contributed by atoms with Crippen LogP contribution in [0.2, 0.25) is 0 Å². The maximum absolute atomic E-state index is 11.8. The number of rotatable bonds is 5. The molecule has 0 bridgehead atoms. The van der Waals surface area contributed by atoms with Gasteiger partial charge in [-0.2, -0.15) is 0 Å². The SMILES string of the molecule is CC(CNC(=O)Nc1nccs1)CN(C)C(=O)OC(C)(C)C. The molecule has 0 fully saturated rings. The molecule has 3 amide bonds. The fourth-order valence-corrected chi connectivity index (χ4v) is 2.16. The number of anilines is 1. The third kappa shape index (κ3) is 7.26. The van der Waals surface area contributed by atoms with E-state index < -0.39 is 5.60 Å². The highest BCUT2D eigenvalue weighted by Gasteiger charge is 2.20. The molecule has 2 N–H and O–H groups in total. The first kappa shape index (κ1) is 18.2. The monoisotopic (exact) mass is 328 g/mol. The summed E-state index contributed by atoms with van der Waals surface area (Å²) < 4.78 is 5.28. The van der Waals surface area contributed by atoms with Crippen LogP contribution in [0.25, 0.3) is 0 Å². The molecule has 1 aromatic rings. The zero-order valence-corrected chi connectivity index (χ0v) is 14.5. The van der Waals surface area contributed by atoms with Gasteiger partial charge in [0.05, 0.1) is 0 Å². The van der Waals surface area contributed by atoms with Crippen LogP contribution in [0.4, 0.5) is 14.7 Å². The van der Waals surface area contributed by atoms with Crippen molar-refractivity contribution in [1.82, 2.24) is 15.2 Å². The molecule has 1 aromatic heterocycles. The van der Waals surface area contributed by atoms with E-state index in [0.29, 0.717) is 18.2 Å². The predicted octanol–water partition coefficient (Wildman–Crippen LogP) is 2.77. The molecule has 1 unspecified atom stereocenters. The quantitative estimate of drug-likeness (QED) is 0.870.